The normalized spacial score (nSPS) is 24.0. The molecule has 1 saturated heterocycles. The monoisotopic (exact) mass is 227 g/mol. The molecule has 1 unspecified atom stereocenters. The molecule has 0 spiro atoms. The standard InChI is InChI=1S/C10H13NOS2/c1-10(2)8(6-14-10)11-9(12)7-4-3-5-13-7/h3-5,8H,6H2,1-2H3,(H,11,12). The third-order valence-corrected chi connectivity index (χ3v) is 4.91. The van der Waals surface area contributed by atoms with E-state index in [9.17, 15) is 4.79 Å². The lowest BCUT2D eigenvalue weighted by atomic mass is 10.0. The van der Waals surface area contributed by atoms with Gasteiger partial charge in [-0.1, -0.05) is 6.07 Å². The fourth-order valence-corrected chi connectivity index (χ4v) is 3.12. The Morgan fingerprint density at radius 1 is 1.64 bits per heavy atom. The number of carbonyl (C=O) groups is 1. The van der Waals surface area contributed by atoms with Crippen molar-refractivity contribution in [1.29, 1.82) is 0 Å². The van der Waals surface area contributed by atoms with E-state index in [-0.39, 0.29) is 10.7 Å². The highest BCUT2D eigenvalue weighted by Gasteiger charge is 2.40. The topological polar surface area (TPSA) is 29.1 Å². The molecule has 2 rings (SSSR count). The van der Waals surface area contributed by atoms with Gasteiger partial charge < -0.3 is 5.32 Å². The van der Waals surface area contributed by atoms with E-state index < -0.39 is 0 Å². The fraction of sp³-hybridized carbons (Fsp3) is 0.500. The maximum absolute atomic E-state index is 11.7. The Labute approximate surface area is 92.1 Å². The van der Waals surface area contributed by atoms with Crippen molar-refractivity contribution in [2.75, 3.05) is 5.75 Å². The summed E-state index contributed by atoms with van der Waals surface area (Å²) < 4.78 is 0.201. The number of carbonyl (C=O) groups excluding carboxylic acids is 1. The molecule has 0 bridgehead atoms. The molecule has 1 aromatic rings. The molecular formula is C10H13NOS2. The van der Waals surface area contributed by atoms with Crippen LogP contribution >= 0.6 is 23.1 Å². The second-order valence-corrected chi connectivity index (χ2v) is 6.54. The molecule has 2 heterocycles. The first-order chi connectivity index (χ1) is 6.59. The average Bonchev–Trinajstić information content (AvgIpc) is 2.65. The Morgan fingerprint density at radius 3 is 2.86 bits per heavy atom. The largest absolute Gasteiger partial charge is 0.346 e. The maximum Gasteiger partial charge on any atom is 0.261 e. The van der Waals surface area contributed by atoms with Gasteiger partial charge in [0.1, 0.15) is 0 Å². The molecule has 2 nitrogen and oxygen atoms in total. The molecule has 0 aliphatic carbocycles. The average molecular weight is 227 g/mol. The number of thioether (sulfide) groups is 1. The zero-order valence-corrected chi connectivity index (χ0v) is 9.87. The highest BCUT2D eigenvalue weighted by atomic mass is 32.2. The van der Waals surface area contributed by atoms with Crippen molar-refractivity contribution in [1.82, 2.24) is 5.32 Å². The van der Waals surface area contributed by atoms with Gasteiger partial charge in [0, 0.05) is 10.5 Å². The van der Waals surface area contributed by atoms with Crippen LogP contribution in [0.15, 0.2) is 17.5 Å². The van der Waals surface area contributed by atoms with Gasteiger partial charge in [-0.05, 0) is 25.3 Å². The van der Waals surface area contributed by atoms with Gasteiger partial charge in [-0.25, -0.2) is 0 Å². The number of hydrogen-bond acceptors (Lipinski definition) is 3. The van der Waals surface area contributed by atoms with Crippen molar-refractivity contribution in [2.24, 2.45) is 0 Å². The summed E-state index contributed by atoms with van der Waals surface area (Å²) in [6.45, 7) is 4.33. The van der Waals surface area contributed by atoms with Gasteiger partial charge in [0.05, 0.1) is 10.9 Å². The number of amides is 1. The predicted octanol–water partition coefficient (Wildman–Crippen LogP) is 2.37. The van der Waals surface area contributed by atoms with Crippen molar-refractivity contribution < 1.29 is 4.79 Å². The van der Waals surface area contributed by atoms with E-state index in [4.69, 9.17) is 0 Å². The van der Waals surface area contributed by atoms with E-state index in [1.54, 1.807) is 0 Å². The van der Waals surface area contributed by atoms with Crippen molar-refractivity contribution in [3.8, 4) is 0 Å². The molecule has 0 saturated carbocycles. The minimum Gasteiger partial charge on any atom is -0.346 e. The number of hydrogen-bond donors (Lipinski definition) is 1. The van der Waals surface area contributed by atoms with Crippen LogP contribution in [0, 0.1) is 0 Å². The van der Waals surface area contributed by atoms with Crippen LogP contribution < -0.4 is 5.32 Å². The zero-order valence-electron chi connectivity index (χ0n) is 8.24. The first kappa shape index (κ1) is 10.1. The number of rotatable bonds is 2. The van der Waals surface area contributed by atoms with E-state index in [1.165, 1.54) is 11.3 Å². The Hall–Kier alpha value is -0.480. The van der Waals surface area contributed by atoms with Crippen LogP contribution in [-0.2, 0) is 0 Å². The summed E-state index contributed by atoms with van der Waals surface area (Å²) in [4.78, 5) is 12.5. The molecule has 4 heteroatoms. The van der Waals surface area contributed by atoms with E-state index >= 15 is 0 Å². The molecule has 14 heavy (non-hydrogen) atoms. The Kier molecular flexibility index (Phi) is 2.58. The van der Waals surface area contributed by atoms with Gasteiger partial charge in [-0.2, -0.15) is 11.8 Å². The highest BCUT2D eigenvalue weighted by molar-refractivity contribution is 8.02. The molecule has 1 aliphatic heterocycles. The second kappa shape index (κ2) is 3.59. The summed E-state index contributed by atoms with van der Waals surface area (Å²) in [6.07, 6.45) is 0. The zero-order chi connectivity index (χ0) is 10.2. The van der Waals surface area contributed by atoms with Crippen LogP contribution in [0.3, 0.4) is 0 Å². The van der Waals surface area contributed by atoms with Gasteiger partial charge in [-0.15, -0.1) is 11.3 Å². The molecular weight excluding hydrogens is 214 g/mol. The lowest BCUT2D eigenvalue weighted by molar-refractivity contribution is 0.0935. The third-order valence-electron chi connectivity index (χ3n) is 2.51. The lowest BCUT2D eigenvalue weighted by Crippen LogP contribution is -2.56. The lowest BCUT2D eigenvalue weighted by Gasteiger charge is -2.43. The number of nitrogens with one attached hydrogen (secondary N) is 1. The van der Waals surface area contributed by atoms with Crippen molar-refractivity contribution >= 4 is 29.0 Å². The molecule has 1 amide bonds. The molecule has 0 aromatic carbocycles. The number of thiophene rings is 1. The van der Waals surface area contributed by atoms with Crippen molar-refractivity contribution in [2.45, 2.75) is 24.6 Å². The first-order valence-corrected chi connectivity index (χ1v) is 6.44. The molecule has 1 aromatic heterocycles. The van der Waals surface area contributed by atoms with Crippen LogP contribution in [0.4, 0.5) is 0 Å². The van der Waals surface area contributed by atoms with Gasteiger partial charge in [-0.3, -0.25) is 4.79 Å². The summed E-state index contributed by atoms with van der Waals surface area (Å²) >= 11 is 3.39. The molecule has 76 valence electrons. The second-order valence-electron chi connectivity index (χ2n) is 3.92. The van der Waals surface area contributed by atoms with Crippen molar-refractivity contribution in [3.05, 3.63) is 22.4 Å². The fourth-order valence-electron chi connectivity index (χ4n) is 1.35. The SMILES string of the molecule is CC1(C)SCC1NC(=O)c1cccs1. The Bertz CT molecular complexity index is 332. The van der Waals surface area contributed by atoms with E-state index in [0.717, 1.165) is 10.6 Å². The van der Waals surface area contributed by atoms with Gasteiger partial charge >= 0.3 is 0 Å². The van der Waals surface area contributed by atoms with E-state index in [0.29, 0.717) is 6.04 Å². The molecule has 1 N–H and O–H groups in total. The van der Waals surface area contributed by atoms with Crippen LogP contribution in [0.2, 0.25) is 0 Å². The van der Waals surface area contributed by atoms with Crippen LogP contribution in [-0.4, -0.2) is 22.4 Å². The maximum atomic E-state index is 11.7. The van der Waals surface area contributed by atoms with Crippen LogP contribution in [0.1, 0.15) is 23.5 Å². The minimum atomic E-state index is 0.0679. The van der Waals surface area contributed by atoms with Gasteiger partial charge in [0.25, 0.3) is 5.91 Å². The molecule has 1 atom stereocenters. The predicted molar refractivity (Wildman–Crippen MR) is 62.1 cm³/mol. The van der Waals surface area contributed by atoms with Gasteiger partial charge in [0.15, 0.2) is 0 Å². The molecule has 0 radical (unpaired) electrons. The Balaban J connectivity index is 1.96. The van der Waals surface area contributed by atoms with Crippen LogP contribution in [0.25, 0.3) is 0 Å². The summed E-state index contributed by atoms with van der Waals surface area (Å²) in [5, 5.41) is 4.99. The van der Waals surface area contributed by atoms with Crippen LogP contribution in [0.5, 0.6) is 0 Å². The third kappa shape index (κ3) is 1.81. The summed E-state index contributed by atoms with van der Waals surface area (Å²) in [5.41, 5.74) is 0. The first-order valence-electron chi connectivity index (χ1n) is 4.58. The summed E-state index contributed by atoms with van der Waals surface area (Å²) in [7, 11) is 0. The molecule has 1 aliphatic rings. The minimum absolute atomic E-state index is 0.0679. The summed E-state index contributed by atoms with van der Waals surface area (Å²) in [5.74, 6) is 1.10. The van der Waals surface area contributed by atoms with E-state index in [1.807, 2.05) is 29.3 Å². The Morgan fingerprint density at radius 2 is 2.43 bits per heavy atom. The smallest absolute Gasteiger partial charge is 0.261 e. The highest BCUT2D eigenvalue weighted by Crippen LogP contribution is 2.39. The van der Waals surface area contributed by atoms with E-state index in [2.05, 4.69) is 19.2 Å². The quantitative estimate of drug-likeness (QED) is 0.840. The summed E-state index contributed by atoms with van der Waals surface area (Å²) in [6, 6.07) is 4.08. The van der Waals surface area contributed by atoms with Gasteiger partial charge in [0.2, 0.25) is 0 Å². The van der Waals surface area contributed by atoms with Crippen molar-refractivity contribution in [3.63, 3.8) is 0 Å². The molecule has 1 fully saturated rings.